The summed E-state index contributed by atoms with van der Waals surface area (Å²) in [4.78, 5) is 0. The molecule has 0 rings (SSSR count). The van der Waals surface area contributed by atoms with Crippen molar-refractivity contribution in [3.8, 4) is 0 Å². The molecule has 0 spiro atoms. The van der Waals surface area contributed by atoms with Crippen molar-refractivity contribution in [3.05, 3.63) is 0 Å². The smallest absolute Gasteiger partial charge is 0.00680 e. The van der Waals surface area contributed by atoms with Gasteiger partial charge in [0.15, 0.2) is 0 Å². The highest BCUT2D eigenvalue weighted by atomic mass is 14.9. The van der Waals surface area contributed by atoms with Gasteiger partial charge >= 0.3 is 0 Å². The maximum absolute atomic E-state index is 3.86. The molecule has 0 bridgehead atoms. The molecule has 0 amide bonds. The quantitative estimate of drug-likeness (QED) is 0.164. The molecule has 0 heterocycles. The van der Waals surface area contributed by atoms with Gasteiger partial charge < -0.3 is 16.0 Å². The molecular formula is C25H55N3. The molecule has 3 N–H and O–H groups in total. The van der Waals surface area contributed by atoms with Crippen molar-refractivity contribution in [1.29, 1.82) is 0 Å². The third kappa shape index (κ3) is 22.2. The van der Waals surface area contributed by atoms with Crippen LogP contribution in [-0.4, -0.2) is 38.8 Å². The molecular weight excluding hydrogens is 342 g/mol. The van der Waals surface area contributed by atoms with Gasteiger partial charge in [0.2, 0.25) is 0 Å². The summed E-state index contributed by atoms with van der Waals surface area (Å²) in [6.07, 6.45) is 21.6. The van der Waals surface area contributed by atoms with E-state index in [4.69, 9.17) is 0 Å². The third-order valence-corrected chi connectivity index (χ3v) is 5.69. The summed E-state index contributed by atoms with van der Waals surface area (Å²) < 4.78 is 0. The molecule has 0 atom stereocenters. The minimum atomic E-state index is 0.713. The van der Waals surface area contributed by atoms with Gasteiger partial charge in [-0.1, -0.05) is 78.6 Å². The molecule has 0 aromatic heterocycles. The second-order valence-electron chi connectivity index (χ2n) is 8.62. The van der Waals surface area contributed by atoms with E-state index in [2.05, 4.69) is 36.7 Å². The van der Waals surface area contributed by atoms with Crippen LogP contribution in [0.2, 0.25) is 0 Å². The van der Waals surface area contributed by atoms with Crippen LogP contribution in [0.25, 0.3) is 0 Å². The Bertz CT molecular complexity index is 251. The van der Waals surface area contributed by atoms with Gasteiger partial charge in [0, 0.05) is 6.04 Å². The van der Waals surface area contributed by atoms with E-state index in [0.29, 0.717) is 6.04 Å². The van der Waals surface area contributed by atoms with Gasteiger partial charge in [0.05, 0.1) is 0 Å². The maximum Gasteiger partial charge on any atom is 0.00680 e. The first-order chi connectivity index (χ1) is 13.8. The van der Waals surface area contributed by atoms with Gasteiger partial charge in [-0.3, -0.25) is 0 Å². The Kier molecular flexibility index (Phi) is 24.8. The molecule has 0 saturated heterocycles. The lowest BCUT2D eigenvalue weighted by Gasteiger charge is -2.19. The largest absolute Gasteiger partial charge is 0.317 e. The molecule has 0 aromatic rings. The lowest BCUT2D eigenvalue weighted by atomic mass is 10.0. The summed E-state index contributed by atoms with van der Waals surface area (Å²) >= 11 is 0. The molecule has 3 heteroatoms. The zero-order chi connectivity index (χ0) is 20.5. The first-order valence-electron chi connectivity index (χ1n) is 13.0. The van der Waals surface area contributed by atoms with Crippen molar-refractivity contribution in [3.63, 3.8) is 0 Å². The van der Waals surface area contributed by atoms with Crippen LogP contribution in [0, 0.1) is 0 Å². The van der Waals surface area contributed by atoms with Crippen LogP contribution < -0.4 is 16.0 Å². The summed E-state index contributed by atoms with van der Waals surface area (Å²) in [5, 5.41) is 11.1. The van der Waals surface area contributed by atoms with Crippen LogP contribution in [0.5, 0.6) is 0 Å². The second-order valence-corrected chi connectivity index (χ2v) is 8.62. The summed E-state index contributed by atoms with van der Waals surface area (Å²) in [5.74, 6) is 0. The van der Waals surface area contributed by atoms with Crippen LogP contribution in [0.4, 0.5) is 0 Å². The van der Waals surface area contributed by atoms with E-state index in [1.807, 2.05) is 0 Å². The highest BCUT2D eigenvalue weighted by Gasteiger charge is 2.07. The van der Waals surface area contributed by atoms with Crippen LogP contribution in [0.15, 0.2) is 0 Å². The molecule has 0 aliphatic rings. The minimum absolute atomic E-state index is 0.713. The van der Waals surface area contributed by atoms with Gasteiger partial charge in [-0.2, -0.15) is 0 Å². The van der Waals surface area contributed by atoms with E-state index in [1.54, 1.807) is 0 Å². The first kappa shape index (κ1) is 27.9. The SMILES string of the molecule is CCCCCCNCCCC(CCCNCCCCCC)NCCCCCC. The van der Waals surface area contributed by atoms with Crippen molar-refractivity contribution in [2.75, 3.05) is 32.7 Å². The zero-order valence-corrected chi connectivity index (χ0v) is 19.9. The topological polar surface area (TPSA) is 36.1 Å². The normalized spacial score (nSPS) is 11.6. The van der Waals surface area contributed by atoms with Gasteiger partial charge in [-0.05, 0) is 77.7 Å². The summed E-state index contributed by atoms with van der Waals surface area (Å²) in [6, 6.07) is 0.713. The molecule has 0 unspecified atom stereocenters. The number of rotatable bonds is 24. The lowest BCUT2D eigenvalue weighted by Crippen LogP contribution is -2.32. The third-order valence-electron chi connectivity index (χ3n) is 5.69. The minimum Gasteiger partial charge on any atom is -0.317 e. The molecule has 0 radical (unpaired) electrons. The Labute approximate surface area is 178 Å². The van der Waals surface area contributed by atoms with E-state index in [-0.39, 0.29) is 0 Å². The highest BCUT2D eigenvalue weighted by molar-refractivity contribution is 4.69. The Balaban J connectivity index is 3.75. The predicted octanol–water partition coefficient (Wildman–Crippen LogP) is 6.43. The van der Waals surface area contributed by atoms with Crippen molar-refractivity contribution in [2.45, 2.75) is 130 Å². The first-order valence-corrected chi connectivity index (χ1v) is 13.0. The molecule has 0 aromatic carbocycles. The number of unbranched alkanes of at least 4 members (excludes halogenated alkanes) is 9. The average molecular weight is 398 g/mol. The lowest BCUT2D eigenvalue weighted by molar-refractivity contribution is 0.412. The molecule has 0 fully saturated rings. The van der Waals surface area contributed by atoms with Crippen molar-refractivity contribution in [2.24, 2.45) is 0 Å². The fourth-order valence-corrected chi connectivity index (χ4v) is 3.76. The molecule has 170 valence electrons. The maximum atomic E-state index is 3.86. The van der Waals surface area contributed by atoms with Crippen molar-refractivity contribution < 1.29 is 0 Å². The van der Waals surface area contributed by atoms with Gasteiger partial charge in [0.1, 0.15) is 0 Å². The van der Waals surface area contributed by atoms with E-state index < -0.39 is 0 Å². The number of hydrogen-bond donors (Lipinski definition) is 3. The monoisotopic (exact) mass is 397 g/mol. The van der Waals surface area contributed by atoms with E-state index in [9.17, 15) is 0 Å². The van der Waals surface area contributed by atoms with Crippen molar-refractivity contribution >= 4 is 0 Å². The summed E-state index contributed by atoms with van der Waals surface area (Å²) in [7, 11) is 0. The van der Waals surface area contributed by atoms with Crippen LogP contribution >= 0.6 is 0 Å². The van der Waals surface area contributed by atoms with Gasteiger partial charge in [-0.15, -0.1) is 0 Å². The fraction of sp³-hybridized carbons (Fsp3) is 1.00. The molecule has 3 nitrogen and oxygen atoms in total. The molecule has 0 aliphatic heterocycles. The average Bonchev–Trinajstić information content (AvgIpc) is 2.71. The summed E-state index contributed by atoms with van der Waals surface area (Å²) in [6.45, 7) is 12.9. The van der Waals surface area contributed by atoms with Gasteiger partial charge in [-0.25, -0.2) is 0 Å². The predicted molar refractivity (Wildman–Crippen MR) is 128 cm³/mol. The fourth-order valence-electron chi connectivity index (χ4n) is 3.76. The van der Waals surface area contributed by atoms with E-state index >= 15 is 0 Å². The van der Waals surface area contributed by atoms with Crippen LogP contribution in [-0.2, 0) is 0 Å². The molecule has 0 aliphatic carbocycles. The Hall–Kier alpha value is -0.120. The van der Waals surface area contributed by atoms with Crippen molar-refractivity contribution in [1.82, 2.24) is 16.0 Å². The van der Waals surface area contributed by atoms with E-state index in [1.165, 1.54) is 135 Å². The Morgan fingerprint density at radius 1 is 0.429 bits per heavy atom. The standard InChI is InChI=1S/C25H55N3/c1-4-7-10-13-20-26-22-16-18-25(28-24-15-12-9-6-3)19-17-23-27-21-14-11-8-5-2/h25-28H,4-24H2,1-3H3. The molecule has 0 saturated carbocycles. The number of hydrogen-bond acceptors (Lipinski definition) is 3. The van der Waals surface area contributed by atoms with Crippen LogP contribution in [0.1, 0.15) is 124 Å². The Morgan fingerprint density at radius 3 is 1.25 bits per heavy atom. The Morgan fingerprint density at radius 2 is 0.821 bits per heavy atom. The summed E-state index contributed by atoms with van der Waals surface area (Å²) in [5.41, 5.74) is 0. The van der Waals surface area contributed by atoms with E-state index in [0.717, 1.165) is 0 Å². The zero-order valence-electron chi connectivity index (χ0n) is 19.9. The number of nitrogens with one attached hydrogen (secondary N) is 3. The van der Waals surface area contributed by atoms with Crippen LogP contribution in [0.3, 0.4) is 0 Å². The second kappa shape index (κ2) is 24.9. The highest BCUT2D eigenvalue weighted by Crippen LogP contribution is 2.06. The molecule has 28 heavy (non-hydrogen) atoms. The van der Waals surface area contributed by atoms with Gasteiger partial charge in [0.25, 0.3) is 0 Å².